The Bertz CT molecular complexity index is 1140. The summed E-state index contributed by atoms with van der Waals surface area (Å²) in [6.45, 7) is 0. The number of nitrogens with one attached hydrogen (secondary N) is 2. The molecule has 4 N–H and O–H groups in total. The molecule has 27 heavy (non-hydrogen) atoms. The summed E-state index contributed by atoms with van der Waals surface area (Å²) in [7, 11) is 0. The molecule has 0 saturated carbocycles. The minimum absolute atomic E-state index is 0.201. The first-order chi connectivity index (χ1) is 13.2. The molecular weight excluding hydrogens is 336 g/mol. The Kier molecular flexibility index (Phi) is 4.41. The number of carbonyl (C=O) groups is 1. The summed E-state index contributed by atoms with van der Waals surface area (Å²) >= 11 is 0. The van der Waals surface area contributed by atoms with Crippen LogP contribution in [0.15, 0.2) is 72.8 Å². The van der Waals surface area contributed by atoms with Gasteiger partial charge in [0.25, 0.3) is 5.91 Å². The van der Waals surface area contributed by atoms with Gasteiger partial charge in [-0.3, -0.25) is 9.89 Å². The van der Waals surface area contributed by atoms with E-state index in [1.54, 1.807) is 24.3 Å². The number of nitrogens with zero attached hydrogens (tertiary/aromatic N) is 1. The number of hydrogen-bond donors (Lipinski definition) is 3. The van der Waals surface area contributed by atoms with Gasteiger partial charge in [-0.2, -0.15) is 5.10 Å². The minimum Gasteiger partial charge on any atom is -0.399 e. The summed E-state index contributed by atoms with van der Waals surface area (Å²) in [4.78, 5) is 12.5. The van der Waals surface area contributed by atoms with Crippen molar-refractivity contribution < 1.29 is 4.79 Å². The van der Waals surface area contributed by atoms with Crippen molar-refractivity contribution in [1.82, 2.24) is 10.2 Å². The van der Waals surface area contributed by atoms with E-state index in [1.165, 1.54) is 0 Å². The number of carbonyl (C=O) groups excluding carboxylic acids is 1. The van der Waals surface area contributed by atoms with Crippen LogP contribution in [0.25, 0.3) is 23.1 Å². The summed E-state index contributed by atoms with van der Waals surface area (Å²) in [6, 6.07) is 22.5. The highest BCUT2D eigenvalue weighted by molar-refractivity contribution is 6.06. The molecule has 132 valence electrons. The van der Waals surface area contributed by atoms with Crippen LogP contribution in [0.1, 0.15) is 21.6 Å². The first-order valence-corrected chi connectivity index (χ1v) is 8.58. The van der Waals surface area contributed by atoms with Crippen LogP contribution in [-0.4, -0.2) is 16.1 Å². The maximum Gasteiger partial charge on any atom is 0.255 e. The largest absolute Gasteiger partial charge is 0.399 e. The standard InChI is InChI=1S/C22H18N4O/c23-17-8-5-7-16(14-17)22(27)24-19-10-3-1-6-15(19)12-13-21-18-9-2-4-11-20(18)25-26-21/h1-14H,23H2,(H,24,27)(H,25,26). The molecule has 0 spiro atoms. The maximum atomic E-state index is 12.5. The van der Waals surface area contributed by atoms with Crippen molar-refractivity contribution in [1.29, 1.82) is 0 Å². The molecule has 0 aliphatic heterocycles. The summed E-state index contributed by atoms with van der Waals surface area (Å²) < 4.78 is 0. The molecule has 0 unspecified atom stereocenters. The van der Waals surface area contributed by atoms with Gasteiger partial charge in [0.2, 0.25) is 0 Å². The lowest BCUT2D eigenvalue weighted by Crippen LogP contribution is -2.12. The van der Waals surface area contributed by atoms with E-state index in [4.69, 9.17) is 5.73 Å². The van der Waals surface area contributed by atoms with Gasteiger partial charge in [0, 0.05) is 22.3 Å². The van der Waals surface area contributed by atoms with E-state index in [0.29, 0.717) is 11.3 Å². The Hall–Kier alpha value is -3.86. The first kappa shape index (κ1) is 16.6. The number of anilines is 2. The van der Waals surface area contributed by atoms with Crippen molar-refractivity contribution in [2.75, 3.05) is 11.1 Å². The highest BCUT2D eigenvalue weighted by Gasteiger charge is 2.08. The third-order valence-electron chi connectivity index (χ3n) is 4.28. The zero-order valence-electron chi connectivity index (χ0n) is 14.5. The van der Waals surface area contributed by atoms with Gasteiger partial charge < -0.3 is 11.1 Å². The Labute approximate surface area is 156 Å². The lowest BCUT2D eigenvalue weighted by Gasteiger charge is -2.09. The molecule has 3 aromatic carbocycles. The van der Waals surface area contributed by atoms with Gasteiger partial charge in [-0.25, -0.2) is 0 Å². The molecule has 0 aliphatic carbocycles. The van der Waals surface area contributed by atoms with Crippen LogP contribution in [0.4, 0.5) is 11.4 Å². The molecule has 1 amide bonds. The average molecular weight is 354 g/mol. The Balaban J connectivity index is 1.60. The molecule has 0 saturated heterocycles. The zero-order valence-corrected chi connectivity index (χ0v) is 14.5. The molecule has 0 radical (unpaired) electrons. The summed E-state index contributed by atoms with van der Waals surface area (Å²) in [6.07, 6.45) is 3.88. The number of fused-ring (bicyclic) bond motifs is 1. The van der Waals surface area contributed by atoms with Crippen LogP contribution < -0.4 is 11.1 Å². The minimum atomic E-state index is -0.201. The summed E-state index contributed by atoms with van der Waals surface area (Å²) in [5.74, 6) is -0.201. The van der Waals surface area contributed by atoms with Crippen molar-refractivity contribution in [3.8, 4) is 0 Å². The molecule has 4 rings (SSSR count). The van der Waals surface area contributed by atoms with Crippen LogP contribution in [0, 0.1) is 0 Å². The van der Waals surface area contributed by atoms with Crippen LogP contribution in [0.5, 0.6) is 0 Å². The normalized spacial score (nSPS) is 11.1. The van der Waals surface area contributed by atoms with Gasteiger partial charge >= 0.3 is 0 Å². The molecular formula is C22H18N4O. The fraction of sp³-hybridized carbons (Fsp3) is 0. The third-order valence-corrected chi connectivity index (χ3v) is 4.28. The van der Waals surface area contributed by atoms with Gasteiger partial charge in [0.05, 0.1) is 11.2 Å². The summed E-state index contributed by atoms with van der Waals surface area (Å²) in [5.41, 5.74) is 10.3. The molecule has 0 bridgehead atoms. The van der Waals surface area contributed by atoms with E-state index in [-0.39, 0.29) is 5.91 Å². The monoisotopic (exact) mass is 354 g/mol. The lowest BCUT2D eigenvalue weighted by molar-refractivity contribution is 0.102. The quantitative estimate of drug-likeness (QED) is 0.470. The number of amides is 1. The van der Waals surface area contributed by atoms with E-state index in [2.05, 4.69) is 15.5 Å². The number of nitrogen functional groups attached to an aromatic ring is 1. The Morgan fingerprint density at radius 1 is 0.963 bits per heavy atom. The van der Waals surface area contributed by atoms with Crippen molar-refractivity contribution in [2.24, 2.45) is 0 Å². The maximum absolute atomic E-state index is 12.5. The number of hydrogen-bond acceptors (Lipinski definition) is 3. The first-order valence-electron chi connectivity index (χ1n) is 8.58. The molecule has 0 aliphatic rings. The predicted octanol–water partition coefficient (Wildman–Crippen LogP) is 4.57. The smallest absolute Gasteiger partial charge is 0.255 e. The average Bonchev–Trinajstić information content (AvgIpc) is 3.10. The van der Waals surface area contributed by atoms with E-state index in [9.17, 15) is 4.79 Å². The predicted molar refractivity (Wildman–Crippen MR) is 110 cm³/mol. The van der Waals surface area contributed by atoms with Crippen molar-refractivity contribution in [3.05, 3.63) is 89.6 Å². The number of H-pyrrole nitrogens is 1. The molecule has 1 aromatic heterocycles. The fourth-order valence-electron chi connectivity index (χ4n) is 2.91. The third kappa shape index (κ3) is 3.57. The molecule has 5 nitrogen and oxygen atoms in total. The number of aromatic amines is 1. The summed E-state index contributed by atoms with van der Waals surface area (Å²) in [5, 5.41) is 11.4. The zero-order chi connectivity index (χ0) is 18.6. The molecule has 4 aromatic rings. The van der Waals surface area contributed by atoms with Crippen molar-refractivity contribution in [3.63, 3.8) is 0 Å². The second kappa shape index (κ2) is 7.17. The van der Waals surface area contributed by atoms with Crippen molar-refractivity contribution in [2.45, 2.75) is 0 Å². The molecule has 1 heterocycles. The van der Waals surface area contributed by atoms with Crippen LogP contribution >= 0.6 is 0 Å². The molecule has 0 atom stereocenters. The van der Waals surface area contributed by atoms with E-state index < -0.39 is 0 Å². The van der Waals surface area contributed by atoms with Gasteiger partial charge in [-0.1, -0.05) is 48.5 Å². The number of benzene rings is 3. The van der Waals surface area contributed by atoms with E-state index in [0.717, 1.165) is 27.8 Å². The van der Waals surface area contributed by atoms with Crippen LogP contribution in [-0.2, 0) is 0 Å². The Morgan fingerprint density at radius 3 is 2.67 bits per heavy atom. The number of aromatic nitrogens is 2. The van der Waals surface area contributed by atoms with Gasteiger partial charge in [0.1, 0.15) is 0 Å². The molecule has 5 heteroatoms. The lowest BCUT2D eigenvalue weighted by atomic mass is 10.1. The van der Waals surface area contributed by atoms with Gasteiger partial charge in [0.15, 0.2) is 0 Å². The topological polar surface area (TPSA) is 83.8 Å². The molecule has 0 fully saturated rings. The number of nitrogens with two attached hydrogens (primary N) is 1. The fourth-order valence-corrected chi connectivity index (χ4v) is 2.91. The van der Waals surface area contributed by atoms with Crippen LogP contribution in [0.2, 0.25) is 0 Å². The highest BCUT2D eigenvalue weighted by atomic mass is 16.1. The van der Waals surface area contributed by atoms with E-state index >= 15 is 0 Å². The second-order valence-corrected chi connectivity index (χ2v) is 6.15. The number of para-hydroxylation sites is 2. The van der Waals surface area contributed by atoms with E-state index in [1.807, 2.05) is 60.7 Å². The van der Waals surface area contributed by atoms with Crippen LogP contribution in [0.3, 0.4) is 0 Å². The van der Waals surface area contributed by atoms with Gasteiger partial charge in [-0.15, -0.1) is 0 Å². The Morgan fingerprint density at radius 2 is 1.78 bits per heavy atom. The SMILES string of the molecule is Nc1cccc(C(=O)Nc2ccccc2C=Cc2n[nH]c3ccccc23)c1. The highest BCUT2D eigenvalue weighted by Crippen LogP contribution is 2.22. The van der Waals surface area contributed by atoms with Crippen molar-refractivity contribution >= 4 is 40.3 Å². The second-order valence-electron chi connectivity index (χ2n) is 6.15. The number of rotatable bonds is 4. The van der Waals surface area contributed by atoms with Gasteiger partial charge in [-0.05, 0) is 42.0 Å².